The molecule has 3 rings (SSSR count). The lowest BCUT2D eigenvalue weighted by Crippen LogP contribution is -2.22. The number of aromatic carboxylic acids is 1. The van der Waals surface area contributed by atoms with E-state index in [1.54, 1.807) is 50.2 Å². The number of nitrogens with one attached hydrogen (secondary N) is 2. The summed E-state index contributed by atoms with van der Waals surface area (Å²) >= 11 is 1.30. The van der Waals surface area contributed by atoms with Crippen molar-refractivity contribution in [2.75, 3.05) is 10.6 Å². The topological polar surface area (TPSA) is 139 Å². The number of carboxylic acids is 1. The molecule has 3 aromatic rings. The molecule has 0 aromatic heterocycles. The number of anilines is 2. The standard InChI is InChI=1S/C24H21N3O6S/c1-14-13-17(27(32)33)9-12-21(14)26-22(28)15(2)34-18-10-7-16(8-11-18)25-23(29)19-5-3-4-6-20(19)24(30)31/h3-13,15H,1-2H3,(H,25,29)(H,26,28)(H,30,31). The first kappa shape index (κ1) is 24.5. The highest BCUT2D eigenvalue weighted by molar-refractivity contribution is 8.00. The van der Waals surface area contributed by atoms with Gasteiger partial charge in [-0.1, -0.05) is 12.1 Å². The number of carbonyl (C=O) groups is 3. The summed E-state index contributed by atoms with van der Waals surface area (Å²) in [4.78, 5) is 47.5. The molecule has 9 nitrogen and oxygen atoms in total. The second-order valence-corrected chi connectivity index (χ2v) is 8.75. The summed E-state index contributed by atoms with van der Waals surface area (Å²) in [6.07, 6.45) is 0. The van der Waals surface area contributed by atoms with Gasteiger partial charge in [0, 0.05) is 28.4 Å². The van der Waals surface area contributed by atoms with Crippen molar-refractivity contribution in [1.29, 1.82) is 0 Å². The Morgan fingerprint density at radius 2 is 1.62 bits per heavy atom. The van der Waals surface area contributed by atoms with Gasteiger partial charge < -0.3 is 15.7 Å². The van der Waals surface area contributed by atoms with Crippen molar-refractivity contribution in [1.82, 2.24) is 0 Å². The molecule has 3 aromatic carbocycles. The van der Waals surface area contributed by atoms with Crippen LogP contribution in [0.1, 0.15) is 33.2 Å². The number of thioether (sulfide) groups is 1. The van der Waals surface area contributed by atoms with Crippen molar-refractivity contribution in [2.24, 2.45) is 0 Å². The second-order valence-electron chi connectivity index (χ2n) is 7.33. The van der Waals surface area contributed by atoms with Crippen molar-refractivity contribution < 1.29 is 24.4 Å². The van der Waals surface area contributed by atoms with Crippen LogP contribution in [0, 0.1) is 17.0 Å². The summed E-state index contributed by atoms with van der Waals surface area (Å²) in [5.74, 6) is -1.98. The molecule has 1 atom stereocenters. The molecule has 0 heterocycles. The average Bonchev–Trinajstić information content (AvgIpc) is 2.81. The molecule has 0 saturated heterocycles. The number of amides is 2. The molecule has 34 heavy (non-hydrogen) atoms. The van der Waals surface area contributed by atoms with E-state index in [-0.39, 0.29) is 22.7 Å². The van der Waals surface area contributed by atoms with Crippen LogP contribution in [0.25, 0.3) is 0 Å². The molecule has 2 amide bonds. The lowest BCUT2D eigenvalue weighted by atomic mass is 10.1. The Hall–Kier alpha value is -4.18. The maximum absolute atomic E-state index is 12.6. The predicted octanol–water partition coefficient (Wildman–Crippen LogP) is 4.97. The van der Waals surface area contributed by atoms with E-state index < -0.39 is 22.0 Å². The number of benzene rings is 3. The normalized spacial score (nSPS) is 11.4. The summed E-state index contributed by atoms with van der Waals surface area (Å²) in [7, 11) is 0. The fourth-order valence-electron chi connectivity index (χ4n) is 3.08. The number of hydrogen-bond donors (Lipinski definition) is 3. The number of non-ortho nitro benzene ring substituents is 1. The van der Waals surface area contributed by atoms with Gasteiger partial charge in [-0.2, -0.15) is 0 Å². The van der Waals surface area contributed by atoms with Crippen LogP contribution in [-0.2, 0) is 4.79 Å². The van der Waals surface area contributed by atoms with Crippen LogP contribution in [0.3, 0.4) is 0 Å². The van der Waals surface area contributed by atoms with E-state index in [9.17, 15) is 29.6 Å². The number of carboxylic acid groups (broad SMARTS) is 1. The molecular weight excluding hydrogens is 458 g/mol. The van der Waals surface area contributed by atoms with E-state index in [0.717, 1.165) is 4.90 Å². The zero-order valence-corrected chi connectivity index (χ0v) is 19.1. The molecule has 0 aliphatic rings. The minimum absolute atomic E-state index is 0.0449. The van der Waals surface area contributed by atoms with Gasteiger partial charge in [-0.3, -0.25) is 19.7 Å². The van der Waals surface area contributed by atoms with Crippen LogP contribution in [0.5, 0.6) is 0 Å². The van der Waals surface area contributed by atoms with Gasteiger partial charge in [-0.15, -0.1) is 11.8 Å². The minimum Gasteiger partial charge on any atom is -0.478 e. The van der Waals surface area contributed by atoms with E-state index in [1.165, 1.54) is 42.1 Å². The Morgan fingerprint density at radius 1 is 0.971 bits per heavy atom. The fourth-order valence-corrected chi connectivity index (χ4v) is 3.94. The van der Waals surface area contributed by atoms with Gasteiger partial charge in [0.05, 0.1) is 21.3 Å². The fraction of sp³-hybridized carbons (Fsp3) is 0.125. The third-order valence-electron chi connectivity index (χ3n) is 4.88. The third kappa shape index (κ3) is 5.99. The van der Waals surface area contributed by atoms with Crippen LogP contribution < -0.4 is 10.6 Å². The highest BCUT2D eigenvalue weighted by Crippen LogP contribution is 2.27. The maximum atomic E-state index is 12.6. The Morgan fingerprint density at radius 3 is 2.21 bits per heavy atom. The van der Waals surface area contributed by atoms with Crippen LogP contribution in [-0.4, -0.2) is 33.1 Å². The van der Waals surface area contributed by atoms with Crippen molar-refractivity contribution in [3.8, 4) is 0 Å². The first-order chi connectivity index (χ1) is 16.2. The first-order valence-electron chi connectivity index (χ1n) is 10.1. The summed E-state index contributed by atoms with van der Waals surface area (Å²) in [5, 5.41) is 25.1. The molecule has 0 spiro atoms. The molecular formula is C24H21N3O6S. The van der Waals surface area contributed by atoms with Gasteiger partial charge >= 0.3 is 5.97 Å². The molecule has 174 valence electrons. The van der Waals surface area contributed by atoms with Crippen molar-refractivity contribution in [2.45, 2.75) is 24.0 Å². The molecule has 0 aliphatic carbocycles. The van der Waals surface area contributed by atoms with Crippen molar-refractivity contribution in [3.63, 3.8) is 0 Å². The zero-order valence-electron chi connectivity index (χ0n) is 18.3. The lowest BCUT2D eigenvalue weighted by Gasteiger charge is -2.14. The van der Waals surface area contributed by atoms with Gasteiger partial charge in [-0.25, -0.2) is 4.79 Å². The zero-order chi connectivity index (χ0) is 24.8. The predicted molar refractivity (Wildman–Crippen MR) is 130 cm³/mol. The van der Waals surface area contributed by atoms with Crippen molar-refractivity contribution >= 4 is 46.6 Å². The third-order valence-corrected chi connectivity index (χ3v) is 5.99. The summed E-state index contributed by atoms with van der Waals surface area (Å²) in [6.45, 7) is 3.42. The number of nitrogens with zero attached hydrogens (tertiary/aromatic N) is 1. The molecule has 0 fully saturated rings. The monoisotopic (exact) mass is 479 g/mol. The molecule has 0 aliphatic heterocycles. The van der Waals surface area contributed by atoms with Crippen LogP contribution >= 0.6 is 11.8 Å². The maximum Gasteiger partial charge on any atom is 0.336 e. The summed E-state index contributed by atoms with van der Waals surface area (Å²) in [6, 6.07) is 17.0. The SMILES string of the molecule is Cc1cc([N+](=O)[O-])ccc1NC(=O)C(C)Sc1ccc(NC(=O)c2ccccc2C(=O)O)cc1. The average molecular weight is 480 g/mol. The number of aryl methyl sites for hydroxylation is 1. The number of nitro benzene ring substituents is 1. The van der Waals surface area contributed by atoms with Crippen LogP contribution in [0.4, 0.5) is 17.1 Å². The summed E-state index contributed by atoms with van der Waals surface area (Å²) in [5.41, 5.74) is 1.49. The number of hydrogen-bond acceptors (Lipinski definition) is 6. The molecule has 3 N–H and O–H groups in total. The smallest absolute Gasteiger partial charge is 0.336 e. The Balaban J connectivity index is 1.61. The second kappa shape index (κ2) is 10.6. The minimum atomic E-state index is -1.19. The van der Waals surface area contributed by atoms with Gasteiger partial charge in [0.25, 0.3) is 11.6 Å². The number of nitro groups is 1. The highest BCUT2D eigenvalue weighted by atomic mass is 32.2. The van der Waals surface area contributed by atoms with E-state index in [2.05, 4.69) is 10.6 Å². The molecule has 0 saturated carbocycles. The van der Waals surface area contributed by atoms with E-state index in [1.807, 2.05) is 0 Å². The molecule has 0 radical (unpaired) electrons. The van der Waals surface area contributed by atoms with E-state index in [0.29, 0.717) is 16.9 Å². The van der Waals surface area contributed by atoms with E-state index >= 15 is 0 Å². The first-order valence-corrected chi connectivity index (χ1v) is 11.0. The number of rotatable bonds is 8. The van der Waals surface area contributed by atoms with Crippen molar-refractivity contribution in [3.05, 3.63) is 93.5 Å². The molecule has 10 heteroatoms. The van der Waals surface area contributed by atoms with Crippen LogP contribution in [0.15, 0.2) is 71.6 Å². The number of carbonyl (C=O) groups excluding carboxylic acids is 2. The summed E-state index contributed by atoms with van der Waals surface area (Å²) < 4.78 is 0. The molecule has 1 unspecified atom stereocenters. The largest absolute Gasteiger partial charge is 0.478 e. The lowest BCUT2D eigenvalue weighted by molar-refractivity contribution is -0.384. The Labute approximate surface area is 199 Å². The van der Waals surface area contributed by atoms with Gasteiger partial charge in [0.15, 0.2) is 0 Å². The van der Waals surface area contributed by atoms with Crippen LogP contribution in [0.2, 0.25) is 0 Å². The molecule has 0 bridgehead atoms. The van der Waals surface area contributed by atoms with Gasteiger partial charge in [-0.05, 0) is 61.9 Å². The Kier molecular flexibility index (Phi) is 7.64. The highest BCUT2D eigenvalue weighted by Gasteiger charge is 2.18. The van der Waals surface area contributed by atoms with Gasteiger partial charge in [0.2, 0.25) is 5.91 Å². The van der Waals surface area contributed by atoms with E-state index in [4.69, 9.17) is 0 Å². The quantitative estimate of drug-likeness (QED) is 0.235. The van der Waals surface area contributed by atoms with Gasteiger partial charge in [0.1, 0.15) is 0 Å². The Bertz CT molecular complexity index is 1260.